The average Bonchev–Trinajstić information content (AvgIpc) is 2.75. The Hall–Kier alpha value is -0.540. The molecule has 0 saturated heterocycles. The number of halogens is 2. The van der Waals surface area contributed by atoms with Gasteiger partial charge in [-0.2, -0.15) is 0 Å². The summed E-state index contributed by atoms with van der Waals surface area (Å²) >= 11 is 13.7. The van der Waals surface area contributed by atoms with E-state index in [1.54, 1.807) is 0 Å². The molecule has 2 unspecified atom stereocenters. The van der Waals surface area contributed by atoms with E-state index < -0.39 is 0 Å². The van der Waals surface area contributed by atoms with Crippen LogP contribution in [0.15, 0.2) is 36.4 Å². The minimum absolute atomic E-state index is 0.166. The molecule has 2 atom stereocenters. The molecule has 1 nitrogen and oxygen atoms in total. The van der Waals surface area contributed by atoms with Crippen molar-refractivity contribution < 1.29 is 0 Å². The van der Waals surface area contributed by atoms with Gasteiger partial charge in [0, 0.05) is 12.1 Å². The molecule has 20 heavy (non-hydrogen) atoms. The highest BCUT2D eigenvalue weighted by atomic mass is 35.5. The van der Waals surface area contributed by atoms with E-state index in [0.29, 0.717) is 12.0 Å². The van der Waals surface area contributed by atoms with Crippen molar-refractivity contribution in [3.63, 3.8) is 0 Å². The van der Waals surface area contributed by atoms with Gasteiger partial charge in [-0.1, -0.05) is 67.4 Å². The maximum atomic E-state index is 6.24. The van der Waals surface area contributed by atoms with Crippen LogP contribution in [0.4, 0.5) is 0 Å². The summed E-state index contributed by atoms with van der Waals surface area (Å²) in [4.78, 5) is 0. The standard InChI is InChI=1S/C16H19Cl2NS/c1-10(2)15(12-7-5-4-6-8-12)19-11(3)13-9-14(17)20-16(13)18/h4-11,15,19H,1-3H3. The molecular weight excluding hydrogens is 309 g/mol. The van der Waals surface area contributed by atoms with E-state index in [1.165, 1.54) is 16.9 Å². The summed E-state index contributed by atoms with van der Waals surface area (Å²) < 4.78 is 1.50. The second-order valence-corrected chi connectivity index (χ2v) is 7.59. The summed E-state index contributed by atoms with van der Waals surface area (Å²) in [6, 6.07) is 12.9. The number of hydrogen-bond donors (Lipinski definition) is 1. The zero-order valence-corrected chi connectivity index (χ0v) is 14.2. The zero-order chi connectivity index (χ0) is 14.7. The Labute approximate surface area is 134 Å². The fourth-order valence-electron chi connectivity index (χ4n) is 2.34. The Morgan fingerprint density at radius 2 is 1.70 bits per heavy atom. The molecule has 0 spiro atoms. The largest absolute Gasteiger partial charge is 0.303 e. The highest BCUT2D eigenvalue weighted by Crippen LogP contribution is 2.36. The van der Waals surface area contributed by atoms with Crippen molar-refractivity contribution in [2.75, 3.05) is 0 Å². The van der Waals surface area contributed by atoms with Crippen LogP contribution in [-0.4, -0.2) is 0 Å². The minimum atomic E-state index is 0.166. The van der Waals surface area contributed by atoms with E-state index >= 15 is 0 Å². The molecule has 0 saturated carbocycles. The molecule has 0 radical (unpaired) electrons. The lowest BCUT2D eigenvalue weighted by atomic mass is 9.94. The second kappa shape index (κ2) is 6.95. The van der Waals surface area contributed by atoms with E-state index in [-0.39, 0.29) is 6.04 Å². The molecule has 0 amide bonds. The van der Waals surface area contributed by atoms with Gasteiger partial charge in [0.05, 0.1) is 8.67 Å². The number of thiophene rings is 1. The van der Waals surface area contributed by atoms with Crippen molar-refractivity contribution in [2.45, 2.75) is 32.9 Å². The molecule has 2 rings (SSSR count). The van der Waals surface area contributed by atoms with Gasteiger partial charge in [0.25, 0.3) is 0 Å². The summed E-state index contributed by atoms with van der Waals surface area (Å²) in [7, 11) is 0. The first-order valence-corrected chi connectivity index (χ1v) is 8.32. The minimum Gasteiger partial charge on any atom is -0.303 e. The van der Waals surface area contributed by atoms with E-state index in [1.807, 2.05) is 12.1 Å². The van der Waals surface area contributed by atoms with Gasteiger partial charge in [0.15, 0.2) is 0 Å². The van der Waals surface area contributed by atoms with Crippen LogP contribution in [0, 0.1) is 5.92 Å². The fourth-order valence-corrected chi connectivity index (χ4v) is 3.99. The summed E-state index contributed by atoms with van der Waals surface area (Å²) in [5, 5.41) is 3.67. The Bertz CT molecular complexity index is 551. The number of rotatable bonds is 5. The van der Waals surface area contributed by atoms with Gasteiger partial charge in [0.2, 0.25) is 0 Å². The molecule has 1 N–H and O–H groups in total. The molecule has 1 heterocycles. The smallest absolute Gasteiger partial charge is 0.0991 e. The van der Waals surface area contributed by atoms with Gasteiger partial charge < -0.3 is 5.32 Å². The molecule has 4 heteroatoms. The molecule has 0 bridgehead atoms. The van der Waals surface area contributed by atoms with Crippen LogP contribution in [0.5, 0.6) is 0 Å². The maximum absolute atomic E-state index is 6.24. The quantitative estimate of drug-likeness (QED) is 0.699. The van der Waals surface area contributed by atoms with Crippen molar-refractivity contribution >= 4 is 34.5 Å². The first-order chi connectivity index (χ1) is 9.49. The summed E-state index contributed by atoms with van der Waals surface area (Å²) in [5.41, 5.74) is 2.37. The molecule has 0 aliphatic heterocycles. The SMILES string of the molecule is CC(NC(c1ccccc1)C(C)C)c1cc(Cl)sc1Cl. The van der Waals surface area contributed by atoms with Gasteiger partial charge in [-0.05, 0) is 30.0 Å². The second-order valence-electron chi connectivity index (χ2n) is 5.30. The number of hydrogen-bond acceptors (Lipinski definition) is 2. The maximum Gasteiger partial charge on any atom is 0.0991 e. The molecule has 0 aliphatic carbocycles. The predicted octanol–water partition coefficient (Wildman–Crippen LogP) is 6.10. The third kappa shape index (κ3) is 3.76. The third-order valence-corrected chi connectivity index (χ3v) is 4.92. The summed E-state index contributed by atoms with van der Waals surface area (Å²) in [5.74, 6) is 0.493. The third-order valence-electron chi connectivity index (χ3n) is 3.40. The molecule has 2 aromatic rings. The Balaban J connectivity index is 2.19. The van der Waals surface area contributed by atoms with Gasteiger partial charge >= 0.3 is 0 Å². The first kappa shape index (κ1) is 15.8. The van der Waals surface area contributed by atoms with Gasteiger partial charge in [-0.3, -0.25) is 0 Å². The van der Waals surface area contributed by atoms with Crippen molar-refractivity contribution in [2.24, 2.45) is 5.92 Å². The van der Waals surface area contributed by atoms with Crippen LogP contribution < -0.4 is 5.32 Å². The Morgan fingerprint density at radius 1 is 1.05 bits per heavy atom. The van der Waals surface area contributed by atoms with Crippen LogP contribution in [0.2, 0.25) is 8.67 Å². The van der Waals surface area contributed by atoms with E-state index in [9.17, 15) is 0 Å². The lowest BCUT2D eigenvalue weighted by Gasteiger charge is -2.27. The molecule has 108 valence electrons. The summed E-state index contributed by atoms with van der Waals surface area (Å²) in [6.07, 6.45) is 0. The highest BCUT2D eigenvalue weighted by Gasteiger charge is 2.20. The van der Waals surface area contributed by atoms with Crippen LogP contribution in [-0.2, 0) is 0 Å². The zero-order valence-electron chi connectivity index (χ0n) is 11.9. The number of nitrogens with one attached hydrogen (secondary N) is 1. The molecule has 0 fully saturated rings. The molecular formula is C16H19Cl2NS. The predicted molar refractivity (Wildman–Crippen MR) is 89.9 cm³/mol. The topological polar surface area (TPSA) is 12.0 Å². The van der Waals surface area contributed by atoms with E-state index in [2.05, 4.69) is 50.4 Å². The molecule has 1 aromatic heterocycles. The van der Waals surface area contributed by atoms with Crippen molar-refractivity contribution in [1.82, 2.24) is 5.32 Å². The van der Waals surface area contributed by atoms with Gasteiger partial charge in [-0.25, -0.2) is 0 Å². The van der Waals surface area contributed by atoms with Crippen molar-refractivity contribution in [3.8, 4) is 0 Å². The Morgan fingerprint density at radius 3 is 2.20 bits per heavy atom. The normalized spacial score (nSPS) is 14.5. The van der Waals surface area contributed by atoms with E-state index in [4.69, 9.17) is 23.2 Å². The van der Waals surface area contributed by atoms with Crippen LogP contribution in [0.3, 0.4) is 0 Å². The molecule has 0 aliphatic rings. The fraction of sp³-hybridized carbons (Fsp3) is 0.375. The monoisotopic (exact) mass is 327 g/mol. The summed E-state index contributed by atoms with van der Waals surface area (Å²) in [6.45, 7) is 6.57. The number of benzene rings is 1. The highest BCUT2D eigenvalue weighted by molar-refractivity contribution is 7.20. The molecule has 1 aromatic carbocycles. The average molecular weight is 328 g/mol. The Kier molecular flexibility index (Phi) is 5.50. The lowest BCUT2D eigenvalue weighted by molar-refractivity contribution is 0.375. The van der Waals surface area contributed by atoms with Crippen molar-refractivity contribution in [1.29, 1.82) is 0 Å². The lowest BCUT2D eigenvalue weighted by Crippen LogP contribution is -2.28. The van der Waals surface area contributed by atoms with Crippen LogP contribution in [0.1, 0.15) is 44.0 Å². The van der Waals surface area contributed by atoms with Crippen molar-refractivity contribution in [3.05, 3.63) is 56.2 Å². The van der Waals surface area contributed by atoms with Crippen LogP contribution in [0.25, 0.3) is 0 Å². The van der Waals surface area contributed by atoms with E-state index in [0.717, 1.165) is 14.2 Å². The van der Waals surface area contributed by atoms with Gasteiger partial charge in [-0.15, -0.1) is 11.3 Å². The van der Waals surface area contributed by atoms with Crippen LogP contribution >= 0.6 is 34.5 Å². The first-order valence-electron chi connectivity index (χ1n) is 6.74. The van der Waals surface area contributed by atoms with Gasteiger partial charge in [0.1, 0.15) is 0 Å².